The van der Waals surface area contributed by atoms with Crippen molar-refractivity contribution < 1.29 is 14.4 Å². The van der Waals surface area contributed by atoms with Crippen LogP contribution < -0.4 is 0 Å². The van der Waals surface area contributed by atoms with Crippen LogP contribution in [0.4, 0.5) is 0 Å². The monoisotopic (exact) mass is 419 g/mol. The van der Waals surface area contributed by atoms with Gasteiger partial charge in [-0.2, -0.15) is 0 Å². The van der Waals surface area contributed by atoms with Gasteiger partial charge < -0.3 is 9.80 Å². The highest BCUT2D eigenvalue weighted by Crippen LogP contribution is 2.30. The van der Waals surface area contributed by atoms with Crippen LogP contribution >= 0.6 is 0 Å². The summed E-state index contributed by atoms with van der Waals surface area (Å²) in [6, 6.07) is 11.4. The lowest BCUT2D eigenvalue weighted by molar-refractivity contribution is -0.132. The molecule has 6 heteroatoms. The first-order valence-corrected chi connectivity index (χ1v) is 11.5. The molecule has 0 aromatic heterocycles. The van der Waals surface area contributed by atoms with Gasteiger partial charge in [0, 0.05) is 48.6 Å². The summed E-state index contributed by atoms with van der Waals surface area (Å²) in [7, 11) is 0. The SMILES string of the molecule is O=C1c2cccc3cccc(c23)C(=O)N1CCCC(=O)N1CCCC1CN1CCCC1. The number of hydrogen-bond donors (Lipinski definition) is 0. The molecule has 1 unspecified atom stereocenters. The highest BCUT2D eigenvalue weighted by molar-refractivity contribution is 6.25. The molecule has 2 aromatic rings. The van der Waals surface area contributed by atoms with Crippen LogP contribution in [0.1, 0.15) is 59.2 Å². The van der Waals surface area contributed by atoms with Gasteiger partial charge in [-0.1, -0.05) is 24.3 Å². The highest BCUT2D eigenvalue weighted by atomic mass is 16.2. The molecule has 0 spiro atoms. The summed E-state index contributed by atoms with van der Waals surface area (Å²) in [6.45, 7) is 4.38. The van der Waals surface area contributed by atoms with Crippen molar-refractivity contribution in [3.8, 4) is 0 Å². The molecule has 1 atom stereocenters. The molecule has 0 aliphatic carbocycles. The summed E-state index contributed by atoms with van der Waals surface area (Å²) in [4.78, 5) is 44.7. The van der Waals surface area contributed by atoms with Crippen LogP contribution in [0.2, 0.25) is 0 Å². The third-order valence-corrected chi connectivity index (χ3v) is 6.99. The van der Waals surface area contributed by atoms with Crippen molar-refractivity contribution >= 4 is 28.5 Å². The maximum atomic E-state index is 13.0. The maximum Gasteiger partial charge on any atom is 0.261 e. The number of imide groups is 1. The van der Waals surface area contributed by atoms with E-state index in [9.17, 15) is 14.4 Å². The van der Waals surface area contributed by atoms with Crippen LogP contribution in [-0.2, 0) is 4.79 Å². The summed E-state index contributed by atoms with van der Waals surface area (Å²) in [6.07, 6.45) is 5.53. The highest BCUT2D eigenvalue weighted by Gasteiger charge is 2.33. The van der Waals surface area contributed by atoms with Gasteiger partial charge in [-0.3, -0.25) is 19.3 Å². The Bertz CT molecular complexity index is 977. The third kappa shape index (κ3) is 3.74. The fraction of sp³-hybridized carbons (Fsp3) is 0.480. The van der Waals surface area contributed by atoms with Gasteiger partial charge in [0.1, 0.15) is 0 Å². The molecule has 6 nitrogen and oxygen atoms in total. The average molecular weight is 420 g/mol. The van der Waals surface area contributed by atoms with Crippen LogP contribution in [0.15, 0.2) is 36.4 Å². The molecule has 2 fully saturated rings. The molecule has 2 saturated heterocycles. The van der Waals surface area contributed by atoms with Crippen molar-refractivity contribution in [2.24, 2.45) is 0 Å². The fourth-order valence-electron chi connectivity index (χ4n) is 5.43. The molecule has 3 aliphatic heterocycles. The Hall–Kier alpha value is -2.73. The zero-order valence-corrected chi connectivity index (χ0v) is 17.9. The number of likely N-dealkylation sites (tertiary alicyclic amines) is 2. The van der Waals surface area contributed by atoms with E-state index < -0.39 is 0 Å². The molecule has 0 radical (unpaired) electrons. The van der Waals surface area contributed by atoms with Crippen molar-refractivity contribution in [3.05, 3.63) is 47.5 Å². The number of nitrogens with zero attached hydrogens (tertiary/aromatic N) is 3. The number of carbonyl (C=O) groups is 3. The third-order valence-electron chi connectivity index (χ3n) is 6.99. The van der Waals surface area contributed by atoms with E-state index in [2.05, 4.69) is 4.90 Å². The summed E-state index contributed by atoms with van der Waals surface area (Å²) in [5.74, 6) is -0.356. The molecule has 3 aliphatic rings. The molecule has 2 aromatic carbocycles. The Morgan fingerprint density at radius 1 is 0.903 bits per heavy atom. The van der Waals surface area contributed by atoms with Crippen LogP contribution in [0.5, 0.6) is 0 Å². The first kappa shape index (κ1) is 20.2. The number of hydrogen-bond acceptors (Lipinski definition) is 4. The second-order valence-electron chi connectivity index (χ2n) is 8.97. The lowest BCUT2D eigenvalue weighted by Crippen LogP contribution is -2.43. The van der Waals surface area contributed by atoms with Gasteiger partial charge in [-0.25, -0.2) is 0 Å². The predicted molar refractivity (Wildman–Crippen MR) is 119 cm³/mol. The Kier molecular flexibility index (Phi) is 5.48. The normalized spacial score (nSPS) is 21.5. The predicted octanol–water partition coefficient (Wildman–Crippen LogP) is 3.30. The standard InChI is InChI=1S/C25H29N3O3/c29-22(27-15-5-9-19(27)17-26-13-1-2-14-26)12-6-16-28-24(30)20-10-3-7-18-8-4-11-21(23(18)20)25(28)31/h3-4,7-8,10-11,19H,1-2,5-6,9,12-17H2. The Labute approximate surface area is 182 Å². The first-order valence-electron chi connectivity index (χ1n) is 11.5. The van der Waals surface area contributed by atoms with Crippen molar-refractivity contribution in [2.45, 2.75) is 44.6 Å². The smallest absolute Gasteiger partial charge is 0.261 e. The minimum Gasteiger partial charge on any atom is -0.338 e. The molecule has 0 bridgehead atoms. The molecule has 3 amide bonds. The topological polar surface area (TPSA) is 60.9 Å². The zero-order chi connectivity index (χ0) is 21.4. The van der Waals surface area contributed by atoms with E-state index in [1.807, 2.05) is 29.2 Å². The van der Waals surface area contributed by atoms with E-state index in [-0.39, 0.29) is 24.3 Å². The molecule has 0 saturated carbocycles. The lowest BCUT2D eigenvalue weighted by atomic mass is 9.94. The van der Waals surface area contributed by atoms with E-state index in [1.54, 1.807) is 12.1 Å². The molecular formula is C25H29N3O3. The fourth-order valence-corrected chi connectivity index (χ4v) is 5.43. The van der Waals surface area contributed by atoms with Gasteiger partial charge in [-0.15, -0.1) is 0 Å². The summed E-state index contributed by atoms with van der Waals surface area (Å²) in [5.41, 5.74) is 1.15. The van der Waals surface area contributed by atoms with Crippen LogP contribution in [-0.4, -0.2) is 71.2 Å². The van der Waals surface area contributed by atoms with Gasteiger partial charge in [0.2, 0.25) is 5.91 Å². The average Bonchev–Trinajstić information content (AvgIpc) is 3.46. The van der Waals surface area contributed by atoms with E-state index >= 15 is 0 Å². The van der Waals surface area contributed by atoms with Crippen LogP contribution in [0, 0.1) is 0 Å². The minimum absolute atomic E-state index is 0.154. The molecule has 162 valence electrons. The van der Waals surface area contributed by atoms with E-state index in [0.29, 0.717) is 30.0 Å². The summed E-state index contributed by atoms with van der Waals surface area (Å²) >= 11 is 0. The van der Waals surface area contributed by atoms with Crippen molar-refractivity contribution in [3.63, 3.8) is 0 Å². The second kappa shape index (κ2) is 8.42. The summed E-state index contributed by atoms with van der Waals surface area (Å²) < 4.78 is 0. The molecule has 0 N–H and O–H groups in total. The van der Waals surface area contributed by atoms with Gasteiger partial charge in [0.25, 0.3) is 11.8 Å². The second-order valence-corrected chi connectivity index (χ2v) is 8.97. The Morgan fingerprint density at radius 2 is 1.58 bits per heavy atom. The Balaban J connectivity index is 1.22. The maximum absolute atomic E-state index is 13.0. The first-order chi connectivity index (χ1) is 15.1. The van der Waals surface area contributed by atoms with Crippen molar-refractivity contribution in [2.75, 3.05) is 32.7 Å². The van der Waals surface area contributed by atoms with E-state index in [4.69, 9.17) is 0 Å². The largest absolute Gasteiger partial charge is 0.338 e. The Morgan fingerprint density at radius 3 is 2.26 bits per heavy atom. The van der Waals surface area contributed by atoms with E-state index in [1.165, 1.54) is 17.7 Å². The van der Waals surface area contributed by atoms with Gasteiger partial charge in [0.15, 0.2) is 0 Å². The zero-order valence-electron chi connectivity index (χ0n) is 17.9. The number of benzene rings is 2. The number of amides is 3. The van der Waals surface area contributed by atoms with Gasteiger partial charge in [0.05, 0.1) is 0 Å². The molecule has 5 rings (SSSR count). The van der Waals surface area contributed by atoms with Crippen molar-refractivity contribution in [1.82, 2.24) is 14.7 Å². The number of carbonyl (C=O) groups excluding carboxylic acids is 3. The summed E-state index contributed by atoms with van der Waals surface area (Å²) in [5, 5.41) is 1.65. The van der Waals surface area contributed by atoms with Crippen molar-refractivity contribution in [1.29, 1.82) is 0 Å². The molecule has 31 heavy (non-hydrogen) atoms. The van der Waals surface area contributed by atoms with Crippen LogP contribution in [0.25, 0.3) is 10.8 Å². The number of rotatable bonds is 6. The minimum atomic E-state index is -0.255. The van der Waals surface area contributed by atoms with Crippen LogP contribution in [0.3, 0.4) is 0 Å². The molecule has 3 heterocycles. The lowest BCUT2D eigenvalue weighted by Gasteiger charge is -2.29. The van der Waals surface area contributed by atoms with E-state index in [0.717, 1.165) is 49.8 Å². The van der Waals surface area contributed by atoms with Gasteiger partial charge in [-0.05, 0) is 62.7 Å². The molecular weight excluding hydrogens is 390 g/mol. The van der Waals surface area contributed by atoms with Gasteiger partial charge >= 0.3 is 0 Å². The quantitative estimate of drug-likeness (QED) is 0.674.